The summed E-state index contributed by atoms with van der Waals surface area (Å²) in [4.78, 5) is 2.27. The zero-order chi connectivity index (χ0) is 13.7. The van der Waals surface area contributed by atoms with Gasteiger partial charge in [-0.05, 0) is 36.2 Å². The van der Waals surface area contributed by atoms with E-state index in [1.54, 1.807) is 0 Å². The van der Waals surface area contributed by atoms with Crippen LogP contribution in [0.15, 0.2) is 48.5 Å². The fourth-order valence-electron chi connectivity index (χ4n) is 2.08. The van der Waals surface area contributed by atoms with Crippen LogP contribution in [0.5, 0.6) is 0 Å². The largest absolute Gasteiger partial charge is 0.399 e. The van der Waals surface area contributed by atoms with Crippen molar-refractivity contribution in [1.82, 2.24) is 0 Å². The van der Waals surface area contributed by atoms with E-state index < -0.39 is 0 Å². The second-order valence-corrected chi connectivity index (χ2v) is 4.58. The highest BCUT2D eigenvalue weighted by Gasteiger charge is 2.05. The van der Waals surface area contributed by atoms with E-state index in [1.165, 1.54) is 5.56 Å². The van der Waals surface area contributed by atoms with Gasteiger partial charge in [0, 0.05) is 24.5 Å². The van der Waals surface area contributed by atoms with Gasteiger partial charge in [0.1, 0.15) is 0 Å². The smallest absolute Gasteiger partial charge is 0.0681 e. The van der Waals surface area contributed by atoms with Gasteiger partial charge in [-0.3, -0.25) is 0 Å². The molecule has 3 heteroatoms. The van der Waals surface area contributed by atoms with Gasteiger partial charge in [0.2, 0.25) is 0 Å². The van der Waals surface area contributed by atoms with E-state index in [4.69, 9.17) is 10.8 Å². The number of aliphatic hydroxyl groups excluding tert-OH is 1. The zero-order valence-corrected chi connectivity index (χ0v) is 11.2. The number of anilines is 2. The van der Waals surface area contributed by atoms with Crippen LogP contribution in [0, 0.1) is 0 Å². The van der Waals surface area contributed by atoms with Gasteiger partial charge in [-0.25, -0.2) is 0 Å². The lowest BCUT2D eigenvalue weighted by Gasteiger charge is -2.23. The lowest BCUT2D eigenvalue weighted by atomic mass is 10.1. The molecular formula is C16H20N2O. The summed E-state index contributed by atoms with van der Waals surface area (Å²) in [7, 11) is 0. The van der Waals surface area contributed by atoms with E-state index >= 15 is 0 Å². The third-order valence-corrected chi connectivity index (χ3v) is 3.20. The standard InChI is InChI=1S/C16H20N2O/c1-2-18(16-5-3-4-15(17)10-16)11-13-6-8-14(12-19)9-7-13/h3-10,19H,2,11-12,17H2,1H3. The highest BCUT2D eigenvalue weighted by molar-refractivity contribution is 5.56. The molecule has 0 bridgehead atoms. The van der Waals surface area contributed by atoms with Crippen molar-refractivity contribution in [2.45, 2.75) is 20.1 Å². The minimum atomic E-state index is 0.0903. The summed E-state index contributed by atoms with van der Waals surface area (Å²) in [5.74, 6) is 0. The number of nitrogen functional groups attached to an aromatic ring is 1. The molecule has 0 aliphatic heterocycles. The molecule has 2 rings (SSSR count). The SMILES string of the molecule is CCN(Cc1ccc(CO)cc1)c1cccc(N)c1. The number of nitrogens with zero attached hydrogens (tertiary/aromatic N) is 1. The number of hydrogen-bond acceptors (Lipinski definition) is 3. The molecule has 0 aromatic heterocycles. The molecule has 0 saturated carbocycles. The maximum Gasteiger partial charge on any atom is 0.0681 e. The third-order valence-electron chi connectivity index (χ3n) is 3.20. The molecule has 0 radical (unpaired) electrons. The van der Waals surface area contributed by atoms with Crippen LogP contribution in [-0.2, 0) is 13.2 Å². The first-order valence-corrected chi connectivity index (χ1v) is 6.52. The maximum absolute atomic E-state index is 9.04. The summed E-state index contributed by atoms with van der Waals surface area (Å²) >= 11 is 0. The van der Waals surface area contributed by atoms with E-state index in [0.717, 1.165) is 30.0 Å². The number of benzene rings is 2. The van der Waals surface area contributed by atoms with Crippen molar-refractivity contribution in [3.05, 3.63) is 59.7 Å². The monoisotopic (exact) mass is 256 g/mol. The van der Waals surface area contributed by atoms with Crippen molar-refractivity contribution in [2.75, 3.05) is 17.2 Å². The van der Waals surface area contributed by atoms with Crippen LogP contribution in [0.4, 0.5) is 11.4 Å². The van der Waals surface area contributed by atoms with Crippen molar-refractivity contribution in [3.8, 4) is 0 Å². The summed E-state index contributed by atoms with van der Waals surface area (Å²) in [6.07, 6.45) is 0. The van der Waals surface area contributed by atoms with Gasteiger partial charge in [0.15, 0.2) is 0 Å². The van der Waals surface area contributed by atoms with Gasteiger partial charge >= 0.3 is 0 Å². The Hall–Kier alpha value is -2.00. The predicted molar refractivity (Wildman–Crippen MR) is 79.9 cm³/mol. The lowest BCUT2D eigenvalue weighted by molar-refractivity contribution is 0.282. The average molecular weight is 256 g/mol. The molecular weight excluding hydrogens is 236 g/mol. The van der Waals surface area contributed by atoms with Crippen LogP contribution in [0.1, 0.15) is 18.1 Å². The molecule has 19 heavy (non-hydrogen) atoms. The molecule has 3 nitrogen and oxygen atoms in total. The van der Waals surface area contributed by atoms with Crippen LogP contribution in [0.2, 0.25) is 0 Å². The molecule has 0 fully saturated rings. The molecule has 0 aliphatic rings. The van der Waals surface area contributed by atoms with E-state index in [2.05, 4.69) is 30.0 Å². The Morgan fingerprint density at radius 2 is 1.74 bits per heavy atom. The minimum absolute atomic E-state index is 0.0903. The van der Waals surface area contributed by atoms with Crippen LogP contribution in [0.25, 0.3) is 0 Å². The van der Waals surface area contributed by atoms with Gasteiger partial charge in [-0.2, -0.15) is 0 Å². The lowest BCUT2D eigenvalue weighted by Crippen LogP contribution is -2.22. The number of nitrogens with two attached hydrogens (primary N) is 1. The molecule has 0 saturated heterocycles. The fourth-order valence-corrected chi connectivity index (χ4v) is 2.08. The third kappa shape index (κ3) is 3.48. The normalized spacial score (nSPS) is 10.4. The summed E-state index contributed by atoms with van der Waals surface area (Å²) in [5, 5.41) is 9.04. The van der Waals surface area contributed by atoms with Crippen molar-refractivity contribution in [3.63, 3.8) is 0 Å². The molecule has 0 atom stereocenters. The summed E-state index contributed by atoms with van der Waals surface area (Å²) < 4.78 is 0. The second-order valence-electron chi connectivity index (χ2n) is 4.58. The van der Waals surface area contributed by atoms with Crippen molar-refractivity contribution in [2.24, 2.45) is 0 Å². The Morgan fingerprint density at radius 1 is 1.05 bits per heavy atom. The molecule has 3 N–H and O–H groups in total. The molecule has 0 amide bonds. The molecule has 0 aliphatic carbocycles. The Kier molecular flexibility index (Phi) is 4.42. The van der Waals surface area contributed by atoms with E-state index in [1.807, 2.05) is 30.3 Å². The Morgan fingerprint density at radius 3 is 2.32 bits per heavy atom. The van der Waals surface area contributed by atoms with Crippen molar-refractivity contribution in [1.29, 1.82) is 0 Å². The molecule has 0 unspecified atom stereocenters. The molecule has 100 valence electrons. The molecule has 0 heterocycles. The number of rotatable bonds is 5. The summed E-state index contributed by atoms with van der Waals surface area (Å²) in [6.45, 7) is 3.98. The summed E-state index contributed by atoms with van der Waals surface area (Å²) in [6, 6.07) is 16.0. The Bertz CT molecular complexity index is 523. The molecule has 0 spiro atoms. The Labute approximate surface area is 114 Å². The first-order valence-electron chi connectivity index (χ1n) is 6.52. The summed E-state index contributed by atoms with van der Waals surface area (Å²) in [5.41, 5.74) is 9.91. The van der Waals surface area contributed by atoms with Gasteiger partial charge in [-0.15, -0.1) is 0 Å². The highest BCUT2D eigenvalue weighted by Crippen LogP contribution is 2.19. The predicted octanol–water partition coefficient (Wildman–Crippen LogP) is 2.79. The highest BCUT2D eigenvalue weighted by atomic mass is 16.3. The first kappa shape index (κ1) is 13.4. The Balaban J connectivity index is 2.14. The van der Waals surface area contributed by atoms with Gasteiger partial charge in [0.25, 0.3) is 0 Å². The number of aliphatic hydroxyl groups is 1. The van der Waals surface area contributed by atoms with Crippen LogP contribution in [0.3, 0.4) is 0 Å². The maximum atomic E-state index is 9.04. The van der Waals surface area contributed by atoms with E-state index in [9.17, 15) is 0 Å². The van der Waals surface area contributed by atoms with Crippen LogP contribution < -0.4 is 10.6 Å². The average Bonchev–Trinajstić information content (AvgIpc) is 2.45. The topological polar surface area (TPSA) is 49.5 Å². The number of hydrogen-bond donors (Lipinski definition) is 2. The molecule has 2 aromatic carbocycles. The van der Waals surface area contributed by atoms with Crippen molar-refractivity contribution >= 4 is 11.4 Å². The van der Waals surface area contributed by atoms with Gasteiger partial charge in [-0.1, -0.05) is 30.3 Å². The second kappa shape index (κ2) is 6.25. The van der Waals surface area contributed by atoms with Crippen LogP contribution >= 0.6 is 0 Å². The van der Waals surface area contributed by atoms with Gasteiger partial charge in [0.05, 0.1) is 6.61 Å². The quantitative estimate of drug-likeness (QED) is 0.809. The van der Waals surface area contributed by atoms with Crippen molar-refractivity contribution < 1.29 is 5.11 Å². The van der Waals surface area contributed by atoms with E-state index in [-0.39, 0.29) is 6.61 Å². The fraction of sp³-hybridized carbons (Fsp3) is 0.250. The van der Waals surface area contributed by atoms with E-state index in [0.29, 0.717) is 0 Å². The minimum Gasteiger partial charge on any atom is -0.399 e. The first-order chi connectivity index (χ1) is 9.22. The van der Waals surface area contributed by atoms with Crippen LogP contribution in [-0.4, -0.2) is 11.7 Å². The molecule has 2 aromatic rings. The zero-order valence-electron chi connectivity index (χ0n) is 11.2. The van der Waals surface area contributed by atoms with Gasteiger partial charge < -0.3 is 15.7 Å².